The van der Waals surface area contributed by atoms with Gasteiger partial charge in [-0.3, -0.25) is 0 Å². The molecule has 0 saturated heterocycles. The minimum Gasteiger partial charge on any atom is -0.372 e. The average Bonchev–Trinajstić information content (AvgIpc) is 3.11. The fourth-order valence-electron chi connectivity index (χ4n) is 1.87. The summed E-state index contributed by atoms with van der Waals surface area (Å²) in [6.07, 6.45) is 4.28. The number of anilines is 2. The van der Waals surface area contributed by atoms with Crippen molar-refractivity contribution in [1.29, 1.82) is 0 Å². The van der Waals surface area contributed by atoms with Gasteiger partial charge in [-0.15, -0.1) is 0 Å². The molecule has 1 atom stereocenters. The van der Waals surface area contributed by atoms with E-state index in [1.807, 2.05) is 7.05 Å². The van der Waals surface area contributed by atoms with Gasteiger partial charge in [-0.25, -0.2) is 9.97 Å². The van der Waals surface area contributed by atoms with E-state index in [4.69, 9.17) is 0 Å². The Morgan fingerprint density at radius 1 is 1.50 bits per heavy atom. The molecule has 1 aromatic rings. The number of rotatable bonds is 4. The Hall–Kier alpha value is -0.840. The lowest BCUT2D eigenvalue weighted by Crippen LogP contribution is -2.31. The molecule has 16 heavy (non-hydrogen) atoms. The van der Waals surface area contributed by atoms with Gasteiger partial charge in [0.1, 0.15) is 22.4 Å². The molecule has 0 amide bonds. The summed E-state index contributed by atoms with van der Waals surface area (Å²) >= 11 is 3.55. The van der Waals surface area contributed by atoms with Crippen LogP contribution >= 0.6 is 15.9 Å². The van der Waals surface area contributed by atoms with Gasteiger partial charge in [0.2, 0.25) is 0 Å². The fourth-order valence-corrected chi connectivity index (χ4v) is 2.55. The molecule has 1 fully saturated rings. The minimum absolute atomic E-state index is 0.538. The summed E-state index contributed by atoms with van der Waals surface area (Å²) in [5.41, 5.74) is 0. The van der Waals surface area contributed by atoms with Crippen LogP contribution in [0.2, 0.25) is 0 Å². The highest BCUT2D eigenvalue weighted by atomic mass is 79.9. The second-order valence-electron chi connectivity index (χ2n) is 4.30. The van der Waals surface area contributed by atoms with E-state index >= 15 is 0 Å². The lowest BCUT2D eigenvalue weighted by molar-refractivity contribution is 0.602. The van der Waals surface area contributed by atoms with Crippen LogP contribution in [0, 0.1) is 5.92 Å². The standard InChI is InChI=1S/C11H17BrN4/c1-7(8-4-5-8)16(3)11-9(12)10(13-2)14-6-15-11/h6-8H,4-5H2,1-3H3,(H,13,14,15). The summed E-state index contributed by atoms with van der Waals surface area (Å²) in [4.78, 5) is 10.7. The normalized spacial score (nSPS) is 17.0. The van der Waals surface area contributed by atoms with Crippen LogP contribution in [0.25, 0.3) is 0 Å². The van der Waals surface area contributed by atoms with Gasteiger partial charge in [-0.05, 0) is 41.6 Å². The molecule has 1 unspecified atom stereocenters. The summed E-state index contributed by atoms with van der Waals surface area (Å²) in [6.45, 7) is 2.26. The number of halogens is 1. The van der Waals surface area contributed by atoms with Crippen LogP contribution in [0.4, 0.5) is 11.6 Å². The van der Waals surface area contributed by atoms with E-state index in [0.29, 0.717) is 6.04 Å². The molecular weight excluding hydrogens is 268 g/mol. The van der Waals surface area contributed by atoms with Gasteiger partial charge in [0.15, 0.2) is 0 Å². The molecule has 0 aromatic carbocycles. The highest BCUT2D eigenvalue weighted by molar-refractivity contribution is 9.10. The highest BCUT2D eigenvalue weighted by Gasteiger charge is 2.31. The molecule has 0 radical (unpaired) electrons. The van der Waals surface area contributed by atoms with Crippen molar-refractivity contribution >= 4 is 27.6 Å². The highest BCUT2D eigenvalue weighted by Crippen LogP contribution is 2.38. The van der Waals surface area contributed by atoms with Gasteiger partial charge in [0.05, 0.1) is 0 Å². The second kappa shape index (κ2) is 4.57. The number of nitrogens with one attached hydrogen (secondary N) is 1. The first-order chi connectivity index (χ1) is 7.65. The van der Waals surface area contributed by atoms with Gasteiger partial charge >= 0.3 is 0 Å². The van der Waals surface area contributed by atoms with Crippen LogP contribution in [0.15, 0.2) is 10.8 Å². The number of aromatic nitrogens is 2. The number of hydrogen-bond donors (Lipinski definition) is 1. The lowest BCUT2D eigenvalue weighted by Gasteiger charge is -2.27. The van der Waals surface area contributed by atoms with Crippen LogP contribution < -0.4 is 10.2 Å². The van der Waals surface area contributed by atoms with E-state index < -0.39 is 0 Å². The molecule has 88 valence electrons. The molecule has 4 nitrogen and oxygen atoms in total. The summed E-state index contributed by atoms with van der Waals surface area (Å²) in [5, 5.41) is 3.05. The lowest BCUT2D eigenvalue weighted by atomic mass is 10.2. The van der Waals surface area contributed by atoms with Gasteiger partial charge < -0.3 is 10.2 Å². The van der Waals surface area contributed by atoms with Crippen LogP contribution in [-0.2, 0) is 0 Å². The van der Waals surface area contributed by atoms with Crippen LogP contribution in [0.5, 0.6) is 0 Å². The maximum absolute atomic E-state index is 4.35. The monoisotopic (exact) mass is 284 g/mol. The van der Waals surface area contributed by atoms with Crippen molar-refractivity contribution in [3.8, 4) is 0 Å². The van der Waals surface area contributed by atoms with Crippen molar-refractivity contribution < 1.29 is 0 Å². The van der Waals surface area contributed by atoms with E-state index in [9.17, 15) is 0 Å². The Morgan fingerprint density at radius 3 is 2.75 bits per heavy atom. The molecular formula is C11H17BrN4. The first-order valence-electron chi connectivity index (χ1n) is 5.56. The molecule has 5 heteroatoms. The van der Waals surface area contributed by atoms with E-state index in [0.717, 1.165) is 22.0 Å². The zero-order chi connectivity index (χ0) is 11.7. The van der Waals surface area contributed by atoms with Gasteiger partial charge in [0, 0.05) is 20.1 Å². The topological polar surface area (TPSA) is 41.1 Å². The van der Waals surface area contributed by atoms with Crippen molar-refractivity contribution in [1.82, 2.24) is 9.97 Å². The summed E-state index contributed by atoms with van der Waals surface area (Å²) in [7, 11) is 3.96. The van der Waals surface area contributed by atoms with Crippen LogP contribution in [0.3, 0.4) is 0 Å². The molecule has 1 saturated carbocycles. The Bertz CT molecular complexity index is 378. The van der Waals surface area contributed by atoms with E-state index in [2.05, 4.69) is 50.1 Å². The fraction of sp³-hybridized carbons (Fsp3) is 0.636. The molecule has 0 bridgehead atoms. The van der Waals surface area contributed by atoms with Crippen molar-refractivity contribution in [2.45, 2.75) is 25.8 Å². The second-order valence-corrected chi connectivity index (χ2v) is 5.09. The van der Waals surface area contributed by atoms with E-state index in [1.165, 1.54) is 12.8 Å². The van der Waals surface area contributed by atoms with E-state index in [-0.39, 0.29) is 0 Å². The molecule has 0 aliphatic heterocycles. The Kier molecular flexibility index (Phi) is 3.33. The Balaban J connectivity index is 2.24. The van der Waals surface area contributed by atoms with Crippen molar-refractivity contribution in [3.63, 3.8) is 0 Å². The van der Waals surface area contributed by atoms with Crippen molar-refractivity contribution in [3.05, 3.63) is 10.8 Å². The number of nitrogens with zero attached hydrogens (tertiary/aromatic N) is 3. The summed E-state index contributed by atoms with van der Waals surface area (Å²) < 4.78 is 0.938. The first-order valence-corrected chi connectivity index (χ1v) is 6.35. The minimum atomic E-state index is 0.538. The predicted octanol–water partition coefficient (Wildman–Crippen LogP) is 2.52. The SMILES string of the molecule is CNc1ncnc(N(C)C(C)C2CC2)c1Br. The third kappa shape index (κ3) is 2.14. The molecule has 2 rings (SSSR count). The molecule has 1 aliphatic carbocycles. The van der Waals surface area contributed by atoms with Crippen LogP contribution in [0.1, 0.15) is 19.8 Å². The third-order valence-corrected chi connectivity index (χ3v) is 3.99. The van der Waals surface area contributed by atoms with Crippen molar-refractivity contribution in [2.75, 3.05) is 24.3 Å². The maximum atomic E-state index is 4.35. The van der Waals surface area contributed by atoms with E-state index in [1.54, 1.807) is 6.33 Å². The van der Waals surface area contributed by atoms with Gasteiger partial charge in [-0.2, -0.15) is 0 Å². The molecule has 1 heterocycles. The van der Waals surface area contributed by atoms with Crippen LogP contribution in [-0.4, -0.2) is 30.1 Å². The van der Waals surface area contributed by atoms with Crippen molar-refractivity contribution in [2.24, 2.45) is 5.92 Å². The maximum Gasteiger partial charge on any atom is 0.148 e. The number of hydrogen-bond acceptors (Lipinski definition) is 4. The van der Waals surface area contributed by atoms with Gasteiger partial charge in [-0.1, -0.05) is 0 Å². The quantitative estimate of drug-likeness (QED) is 0.923. The average molecular weight is 285 g/mol. The largest absolute Gasteiger partial charge is 0.372 e. The molecule has 1 aliphatic rings. The Labute approximate surface area is 105 Å². The summed E-state index contributed by atoms with van der Waals surface area (Å²) in [5.74, 6) is 2.61. The molecule has 1 N–H and O–H groups in total. The predicted molar refractivity (Wildman–Crippen MR) is 69.9 cm³/mol. The molecule has 1 aromatic heterocycles. The zero-order valence-corrected chi connectivity index (χ0v) is 11.5. The third-order valence-electron chi connectivity index (χ3n) is 3.26. The zero-order valence-electron chi connectivity index (χ0n) is 9.87. The first kappa shape index (κ1) is 11.6. The smallest absolute Gasteiger partial charge is 0.148 e. The summed E-state index contributed by atoms with van der Waals surface area (Å²) in [6, 6.07) is 0.538. The molecule has 0 spiro atoms. The van der Waals surface area contributed by atoms with Gasteiger partial charge in [0.25, 0.3) is 0 Å². The Morgan fingerprint density at radius 2 is 2.19 bits per heavy atom.